The number of hydrogen-bond acceptors (Lipinski definition) is 3. The van der Waals surface area contributed by atoms with E-state index in [1.54, 1.807) is 0 Å². The largest absolute Gasteiger partial charge is 0.356 e. The number of benzene rings is 1. The lowest BCUT2D eigenvalue weighted by Gasteiger charge is -2.31. The van der Waals surface area contributed by atoms with Crippen molar-refractivity contribution in [3.63, 3.8) is 0 Å². The molecule has 30 heavy (non-hydrogen) atoms. The molecule has 3 heterocycles. The lowest BCUT2D eigenvalue weighted by molar-refractivity contribution is -0.126. The van der Waals surface area contributed by atoms with Crippen LogP contribution in [0.15, 0.2) is 48.7 Å². The minimum Gasteiger partial charge on any atom is -0.356 e. The molecule has 5 nitrogen and oxygen atoms in total. The number of carbonyl (C=O) groups excluding carboxylic acids is 2. The molecule has 1 saturated heterocycles. The van der Waals surface area contributed by atoms with E-state index >= 15 is 0 Å². The summed E-state index contributed by atoms with van der Waals surface area (Å²) in [5.74, 6) is 0.573. The summed E-state index contributed by atoms with van der Waals surface area (Å²) in [5, 5.41) is 5.25. The zero-order chi connectivity index (χ0) is 21.1. The Labute approximate surface area is 181 Å². The van der Waals surface area contributed by atoms with Gasteiger partial charge in [-0.15, -0.1) is 11.3 Å². The van der Waals surface area contributed by atoms with Crippen LogP contribution in [0.2, 0.25) is 0 Å². The number of rotatable bonds is 6. The highest BCUT2D eigenvalue weighted by Crippen LogP contribution is 2.28. The number of hydrogen-bond donors (Lipinski definition) is 1. The van der Waals surface area contributed by atoms with Crippen LogP contribution < -0.4 is 5.32 Å². The highest BCUT2D eigenvalue weighted by molar-refractivity contribution is 7.16. The number of nitrogens with zero attached hydrogens (tertiary/aromatic N) is 2. The monoisotopic (exact) mass is 423 g/mol. The molecule has 2 aromatic heterocycles. The van der Waals surface area contributed by atoms with Crippen molar-refractivity contribution in [2.24, 2.45) is 11.8 Å². The van der Waals surface area contributed by atoms with Crippen molar-refractivity contribution in [2.45, 2.75) is 33.1 Å². The van der Waals surface area contributed by atoms with Crippen LogP contribution in [-0.2, 0) is 4.79 Å². The van der Waals surface area contributed by atoms with Crippen LogP contribution in [0, 0.1) is 11.8 Å². The van der Waals surface area contributed by atoms with E-state index in [1.807, 2.05) is 35.4 Å². The van der Waals surface area contributed by atoms with Crippen LogP contribution in [0.4, 0.5) is 0 Å². The Morgan fingerprint density at radius 3 is 2.83 bits per heavy atom. The molecule has 0 radical (unpaired) electrons. The van der Waals surface area contributed by atoms with Gasteiger partial charge < -0.3 is 14.8 Å². The van der Waals surface area contributed by atoms with Gasteiger partial charge >= 0.3 is 0 Å². The lowest BCUT2D eigenvalue weighted by Crippen LogP contribution is -2.45. The smallest absolute Gasteiger partial charge is 0.264 e. The van der Waals surface area contributed by atoms with E-state index in [0.29, 0.717) is 25.6 Å². The fourth-order valence-corrected chi connectivity index (χ4v) is 4.98. The summed E-state index contributed by atoms with van der Waals surface area (Å²) in [6, 6.07) is 14.2. The Kier molecular flexibility index (Phi) is 6.23. The molecule has 6 heteroatoms. The predicted molar refractivity (Wildman–Crippen MR) is 122 cm³/mol. The Morgan fingerprint density at radius 2 is 2.00 bits per heavy atom. The predicted octanol–water partition coefficient (Wildman–Crippen LogP) is 4.71. The van der Waals surface area contributed by atoms with Crippen LogP contribution in [-0.4, -0.2) is 40.9 Å². The third-order valence-corrected chi connectivity index (χ3v) is 6.81. The van der Waals surface area contributed by atoms with E-state index < -0.39 is 0 Å². The fourth-order valence-electron chi connectivity index (χ4n) is 4.01. The number of likely N-dealkylation sites (tertiary alicyclic amines) is 1. The molecular formula is C24H29N3O2S. The first-order chi connectivity index (χ1) is 14.5. The van der Waals surface area contributed by atoms with Gasteiger partial charge in [-0.25, -0.2) is 0 Å². The summed E-state index contributed by atoms with van der Waals surface area (Å²) in [6.07, 6.45) is 4.74. The number of carbonyl (C=O) groups is 2. The first-order valence-corrected chi connectivity index (χ1v) is 11.6. The Morgan fingerprint density at radius 1 is 1.17 bits per heavy atom. The van der Waals surface area contributed by atoms with Crippen molar-refractivity contribution >= 4 is 34.1 Å². The first-order valence-electron chi connectivity index (χ1n) is 10.8. The van der Waals surface area contributed by atoms with E-state index in [4.69, 9.17) is 0 Å². The van der Waals surface area contributed by atoms with Gasteiger partial charge in [0.05, 0.1) is 16.3 Å². The molecule has 1 fully saturated rings. The molecule has 0 saturated carbocycles. The second-order valence-electron chi connectivity index (χ2n) is 8.45. The third kappa shape index (κ3) is 4.43. The van der Waals surface area contributed by atoms with Crippen LogP contribution in [0.3, 0.4) is 0 Å². The minimum atomic E-state index is -0.109. The second-order valence-corrected chi connectivity index (χ2v) is 9.51. The van der Waals surface area contributed by atoms with E-state index in [9.17, 15) is 9.59 Å². The molecule has 1 atom stereocenters. The van der Waals surface area contributed by atoms with Crippen LogP contribution in [0.25, 0.3) is 15.9 Å². The number of piperidine rings is 1. The van der Waals surface area contributed by atoms with Crippen molar-refractivity contribution in [3.05, 3.63) is 53.5 Å². The molecule has 1 aliphatic rings. The molecule has 0 spiro atoms. The summed E-state index contributed by atoms with van der Waals surface area (Å²) >= 11 is 1.51. The number of para-hydroxylation sites is 1. The van der Waals surface area contributed by atoms with Gasteiger partial charge in [-0.2, -0.15) is 0 Å². The maximum Gasteiger partial charge on any atom is 0.264 e. The van der Waals surface area contributed by atoms with E-state index in [1.165, 1.54) is 16.7 Å². The number of aromatic nitrogens is 1. The number of nitrogens with one attached hydrogen (secondary N) is 1. The lowest BCUT2D eigenvalue weighted by atomic mass is 9.97. The summed E-state index contributed by atoms with van der Waals surface area (Å²) in [5.41, 5.74) is 1.13. The van der Waals surface area contributed by atoms with Crippen LogP contribution in [0.5, 0.6) is 0 Å². The van der Waals surface area contributed by atoms with Crippen molar-refractivity contribution in [2.75, 3.05) is 19.6 Å². The van der Waals surface area contributed by atoms with Gasteiger partial charge in [-0.05, 0) is 54.8 Å². The molecule has 0 aliphatic carbocycles. The standard InChI is InChI=1S/C24H29N3O2S/c1-17(2)11-13-25-23(28)19-7-5-14-26(16-19)24(29)21-9-10-22(30-21)27-15-12-18-6-3-4-8-20(18)27/h3-4,6,8-10,12,15,17,19H,5,7,11,13-14,16H2,1-2H3,(H,25,28). The van der Waals surface area contributed by atoms with Gasteiger partial charge in [0.2, 0.25) is 5.91 Å². The molecule has 1 N–H and O–H groups in total. The van der Waals surface area contributed by atoms with Gasteiger partial charge in [-0.3, -0.25) is 9.59 Å². The zero-order valence-corrected chi connectivity index (χ0v) is 18.5. The SMILES string of the molecule is CC(C)CCNC(=O)C1CCCN(C(=O)c2ccc(-n3ccc4ccccc43)s2)C1. The molecule has 2 amide bonds. The Hall–Kier alpha value is -2.60. The maximum atomic E-state index is 13.1. The average Bonchev–Trinajstić information content (AvgIpc) is 3.40. The van der Waals surface area contributed by atoms with Crippen molar-refractivity contribution in [1.29, 1.82) is 0 Å². The Bertz CT molecular complexity index is 1040. The second kappa shape index (κ2) is 9.04. The summed E-state index contributed by atoms with van der Waals surface area (Å²) in [7, 11) is 0. The molecule has 4 rings (SSSR count). The normalized spacial score (nSPS) is 16.9. The first kappa shape index (κ1) is 20.7. The van der Waals surface area contributed by atoms with Crippen molar-refractivity contribution in [3.8, 4) is 5.00 Å². The van der Waals surface area contributed by atoms with Crippen molar-refractivity contribution in [1.82, 2.24) is 14.8 Å². The molecule has 1 aliphatic heterocycles. The molecule has 1 unspecified atom stereocenters. The van der Waals surface area contributed by atoms with Gasteiger partial charge in [-0.1, -0.05) is 32.0 Å². The zero-order valence-electron chi connectivity index (χ0n) is 17.6. The number of amides is 2. The molecule has 158 valence electrons. The van der Waals surface area contributed by atoms with Gasteiger partial charge in [0.1, 0.15) is 5.00 Å². The molecule has 3 aromatic rings. The number of fused-ring (bicyclic) bond motifs is 1. The minimum absolute atomic E-state index is 0.0300. The fraction of sp³-hybridized carbons (Fsp3) is 0.417. The van der Waals surface area contributed by atoms with Gasteiger partial charge in [0.25, 0.3) is 5.91 Å². The van der Waals surface area contributed by atoms with Crippen molar-refractivity contribution < 1.29 is 9.59 Å². The van der Waals surface area contributed by atoms with Crippen LogP contribution in [0.1, 0.15) is 42.8 Å². The average molecular weight is 424 g/mol. The quantitative estimate of drug-likeness (QED) is 0.624. The number of thiophene rings is 1. The highest BCUT2D eigenvalue weighted by atomic mass is 32.1. The Balaban J connectivity index is 1.43. The van der Waals surface area contributed by atoms with E-state index in [2.05, 4.69) is 41.9 Å². The molecular weight excluding hydrogens is 394 g/mol. The van der Waals surface area contributed by atoms with Crippen LogP contribution >= 0.6 is 11.3 Å². The van der Waals surface area contributed by atoms with Gasteiger partial charge in [0.15, 0.2) is 0 Å². The molecule has 0 bridgehead atoms. The highest BCUT2D eigenvalue weighted by Gasteiger charge is 2.29. The third-order valence-electron chi connectivity index (χ3n) is 5.74. The van der Waals surface area contributed by atoms with Gasteiger partial charge in [0, 0.05) is 25.8 Å². The summed E-state index contributed by atoms with van der Waals surface area (Å²) in [6.45, 7) is 6.23. The molecule has 1 aromatic carbocycles. The van der Waals surface area contributed by atoms with E-state index in [-0.39, 0.29) is 17.7 Å². The maximum absolute atomic E-state index is 13.1. The topological polar surface area (TPSA) is 54.3 Å². The summed E-state index contributed by atoms with van der Waals surface area (Å²) < 4.78 is 2.12. The summed E-state index contributed by atoms with van der Waals surface area (Å²) in [4.78, 5) is 28.2. The van der Waals surface area contributed by atoms with E-state index in [0.717, 1.165) is 34.7 Å².